The largest absolute Gasteiger partial charge is 0.494 e. The van der Waals surface area contributed by atoms with Gasteiger partial charge in [0, 0.05) is 9.79 Å². The Morgan fingerprint density at radius 3 is 2.86 bits per heavy atom. The van der Waals surface area contributed by atoms with Gasteiger partial charge in [-0.05, 0) is 37.3 Å². The maximum absolute atomic E-state index is 12.3. The van der Waals surface area contributed by atoms with Crippen molar-refractivity contribution in [3.63, 3.8) is 0 Å². The highest BCUT2D eigenvalue weighted by Gasteiger charge is 2.21. The molecule has 2 aromatic carbocycles. The van der Waals surface area contributed by atoms with Crippen molar-refractivity contribution < 1.29 is 4.74 Å². The third-order valence-electron chi connectivity index (χ3n) is 3.59. The molecule has 22 heavy (non-hydrogen) atoms. The summed E-state index contributed by atoms with van der Waals surface area (Å²) in [6, 6.07) is 11.1. The summed E-state index contributed by atoms with van der Waals surface area (Å²) in [6.45, 7) is 2.51. The second-order valence-corrected chi connectivity index (χ2v) is 6.00. The molecule has 0 spiro atoms. The Hall–Kier alpha value is -2.47. The van der Waals surface area contributed by atoms with Crippen LogP contribution in [0.3, 0.4) is 0 Å². The van der Waals surface area contributed by atoms with Crippen molar-refractivity contribution >= 4 is 22.7 Å². The number of aromatic nitrogens is 2. The highest BCUT2D eigenvalue weighted by molar-refractivity contribution is 7.99. The molecular formula is C16H12N2O3S. The van der Waals surface area contributed by atoms with E-state index in [0.29, 0.717) is 17.5 Å². The van der Waals surface area contributed by atoms with Crippen LogP contribution in [0.15, 0.2) is 55.8 Å². The first-order valence-electron chi connectivity index (χ1n) is 6.92. The minimum absolute atomic E-state index is 0.354. The lowest BCUT2D eigenvalue weighted by molar-refractivity contribution is 0.339. The number of nitrogens with one attached hydrogen (secondary N) is 1. The van der Waals surface area contributed by atoms with E-state index in [2.05, 4.69) is 4.98 Å². The zero-order chi connectivity index (χ0) is 15.3. The van der Waals surface area contributed by atoms with E-state index >= 15 is 0 Å². The minimum Gasteiger partial charge on any atom is -0.494 e. The first-order valence-corrected chi connectivity index (χ1v) is 7.74. The second kappa shape index (κ2) is 4.78. The quantitative estimate of drug-likeness (QED) is 0.618. The number of fused-ring (bicyclic) bond motifs is 2. The Kier molecular flexibility index (Phi) is 2.87. The van der Waals surface area contributed by atoms with Crippen LogP contribution in [0.5, 0.6) is 5.75 Å². The summed E-state index contributed by atoms with van der Waals surface area (Å²) in [4.78, 5) is 28.5. The molecule has 5 nitrogen and oxygen atoms in total. The molecule has 1 aliphatic rings. The molecule has 0 saturated heterocycles. The number of hydrogen-bond acceptors (Lipinski definition) is 4. The maximum atomic E-state index is 12.3. The Morgan fingerprint density at radius 1 is 1.18 bits per heavy atom. The lowest BCUT2D eigenvalue weighted by atomic mass is 10.2. The third-order valence-corrected chi connectivity index (χ3v) is 4.69. The highest BCUT2D eigenvalue weighted by atomic mass is 32.2. The van der Waals surface area contributed by atoms with Crippen LogP contribution < -0.4 is 16.0 Å². The Bertz CT molecular complexity index is 1020. The van der Waals surface area contributed by atoms with Crippen LogP contribution in [0.4, 0.5) is 0 Å². The van der Waals surface area contributed by atoms with E-state index in [0.717, 1.165) is 21.2 Å². The summed E-state index contributed by atoms with van der Waals surface area (Å²) in [5, 5.41) is 0.518. The topological polar surface area (TPSA) is 64.1 Å². The zero-order valence-corrected chi connectivity index (χ0v) is 12.6. The third kappa shape index (κ3) is 1.80. The van der Waals surface area contributed by atoms with Crippen LogP contribution >= 0.6 is 11.8 Å². The van der Waals surface area contributed by atoms with Gasteiger partial charge in [-0.3, -0.25) is 14.3 Å². The van der Waals surface area contributed by atoms with Crippen molar-refractivity contribution in [3.8, 4) is 11.4 Å². The fraction of sp³-hybridized carbons (Fsp3) is 0.125. The number of para-hydroxylation sites is 1. The van der Waals surface area contributed by atoms with Gasteiger partial charge in [0.2, 0.25) is 0 Å². The van der Waals surface area contributed by atoms with Gasteiger partial charge in [-0.2, -0.15) is 0 Å². The first kappa shape index (κ1) is 13.2. The van der Waals surface area contributed by atoms with Gasteiger partial charge in [-0.25, -0.2) is 4.79 Å². The summed E-state index contributed by atoms with van der Waals surface area (Å²) in [7, 11) is 0. The molecule has 0 aliphatic carbocycles. The van der Waals surface area contributed by atoms with Gasteiger partial charge >= 0.3 is 5.69 Å². The minimum atomic E-state index is -0.421. The number of hydrogen-bond donors (Lipinski definition) is 1. The number of ether oxygens (including phenoxy) is 1. The molecule has 1 aromatic heterocycles. The molecule has 0 fully saturated rings. The van der Waals surface area contributed by atoms with Crippen LogP contribution in [0.2, 0.25) is 0 Å². The van der Waals surface area contributed by atoms with Gasteiger partial charge in [0.05, 0.1) is 23.2 Å². The van der Waals surface area contributed by atoms with E-state index in [4.69, 9.17) is 4.74 Å². The van der Waals surface area contributed by atoms with Crippen LogP contribution in [-0.4, -0.2) is 16.2 Å². The highest BCUT2D eigenvalue weighted by Crippen LogP contribution is 2.42. The van der Waals surface area contributed by atoms with Crippen molar-refractivity contribution in [2.75, 3.05) is 6.61 Å². The summed E-state index contributed by atoms with van der Waals surface area (Å²) in [6.07, 6.45) is 0. The van der Waals surface area contributed by atoms with Gasteiger partial charge in [-0.1, -0.05) is 17.8 Å². The van der Waals surface area contributed by atoms with Gasteiger partial charge in [-0.15, -0.1) is 0 Å². The molecule has 0 atom stereocenters. The molecular weight excluding hydrogens is 300 g/mol. The number of benzene rings is 2. The van der Waals surface area contributed by atoms with Crippen molar-refractivity contribution in [1.29, 1.82) is 0 Å². The fourth-order valence-corrected chi connectivity index (χ4v) is 3.83. The number of aromatic amines is 1. The molecule has 4 rings (SSSR count). The molecule has 0 radical (unpaired) electrons. The molecule has 110 valence electrons. The van der Waals surface area contributed by atoms with E-state index in [-0.39, 0.29) is 5.56 Å². The zero-order valence-electron chi connectivity index (χ0n) is 11.8. The predicted molar refractivity (Wildman–Crippen MR) is 85.5 cm³/mol. The standard InChI is InChI=1S/C16H12N2O3S/c1-2-21-9-6-7-11-13(8-9)22-12-5-3-4-10-14(12)18(11)16(20)17-15(10)19/h3-8H,2H2,1H3,(H,17,19,20). The molecule has 0 unspecified atom stereocenters. The Labute approximate surface area is 129 Å². The molecule has 6 heteroatoms. The lowest BCUT2D eigenvalue weighted by Crippen LogP contribution is -2.30. The van der Waals surface area contributed by atoms with E-state index in [9.17, 15) is 9.59 Å². The summed E-state index contributed by atoms with van der Waals surface area (Å²) in [5.74, 6) is 0.766. The van der Waals surface area contributed by atoms with E-state index in [1.165, 1.54) is 11.8 Å². The van der Waals surface area contributed by atoms with Gasteiger partial charge in [0.25, 0.3) is 5.56 Å². The second-order valence-electron chi connectivity index (χ2n) is 4.91. The summed E-state index contributed by atoms with van der Waals surface area (Å²) >= 11 is 1.54. The van der Waals surface area contributed by atoms with Crippen LogP contribution in [0.1, 0.15) is 6.92 Å². The van der Waals surface area contributed by atoms with E-state index in [1.807, 2.05) is 37.3 Å². The van der Waals surface area contributed by atoms with Crippen LogP contribution in [-0.2, 0) is 0 Å². The number of H-pyrrole nitrogens is 1. The number of rotatable bonds is 2. The summed E-state index contributed by atoms with van der Waals surface area (Å²) < 4.78 is 7.09. The van der Waals surface area contributed by atoms with Gasteiger partial charge in [0.1, 0.15) is 5.75 Å². The smallest absolute Gasteiger partial charge is 0.333 e. The normalized spacial score (nSPS) is 12.2. The predicted octanol–water partition coefficient (Wildman–Crippen LogP) is 2.54. The van der Waals surface area contributed by atoms with E-state index in [1.54, 1.807) is 10.6 Å². The molecule has 1 aliphatic heterocycles. The lowest BCUT2D eigenvalue weighted by Gasteiger charge is -2.21. The van der Waals surface area contributed by atoms with E-state index < -0.39 is 5.69 Å². The van der Waals surface area contributed by atoms with Crippen molar-refractivity contribution in [2.24, 2.45) is 0 Å². The van der Waals surface area contributed by atoms with Crippen LogP contribution in [0, 0.1) is 0 Å². The van der Waals surface area contributed by atoms with Crippen molar-refractivity contribution in [1.82, 2.24) is 9.55 Å². The van der Waals surface area contributed by atoms with Crippen molar-refractivity contribution in [2.45, 2.75) is 16.7 Å². The molecule has 0 bridgehead atoms. The SMILES string of the molecule is CCOc1ccc2c(c1)Sc1cccc3c(=O)[nH]c(=O)n-2c13. The molecule has 0 saturated carbocycles. The molecule has 1 N–H and O–H groups in total. The average Bonchev–Trinajstić information content (AvgIpc) is 2.51. The molecule has 2 heterocycles. The molecule has 3 aromatic rings. The first-order chi connectivity index (χ1) is 10.7. The Balaban J connectivity index is 2.10. The molecule has 0 amide bonds. The van der Waals surface area contributed by atoms with Crippen LogP contribution in [0.25, 0.3) is 16.6 Å². The van der Waals surface area contributed by atoms with Crippen molar-refractivity contribution in [3.05, 3.63) is 57.2 Å². The fourth-order valence-electron chi connectivity index (χ4n) is 2.71. The monoisotopic (exact) mass is 312 g/mol. The van der Waals surface area contributed by atoms with Gasteiger partial charge < -0.3 is 4.74 Å². The average molecular weight is 312 g/mol. The number of nitrogens with zero attached hydrogens (tertiary/aromatic N) is 1. The van der Waals surface area contributed by atoms with Gasteiger partial charge in [0.15, 0.2) is 0 Å². The summed E-state index contributed by atoms with van der Waals surface area (Å²) in [5.41, 5.74) is 0.653. The maximum Gasteiger partial charge on any atom is 0.333 e. The Morgan fingerprint density at radius 2 is 2.05 bits per heavy atom.